The van der Waals surface area contributed by atoms with Crippen molar-refractivity contribution in [2.75, 3.05) is 0 Å². The van der Waals surface area contributed by atoms with Gasteiger partial charge in [0.15, 0.2) is 5.70 Å². The molecular weight excluding hydrogens is 140 g/mol. The maximum Gasteiger partial charge on any atom is 0.178 e. The van der Waals surface area contributed by atoms with Crippen LogP contribution in [-0.4, -0.2) is 5.54 Å². The van der Waals surface area contributed by atoms with E-state index in [0.717, 1.165) is 0 Å². The second-order valence-electron chi connectivity index (χ2n) is 2.71. The van der Waals surface area contributed by atoms with E-state index in [0.29, 0.717) is 5.57 Å². The molecule has 0 radical (unpaired) electrons. The molecule has 4 heteroatoms. The highest BCUT2D eigenvalue weighted by Gasteiger charge is 2.31. The molecule has 0 amide bonds. The van der Waals surface area contributed by atoms with Crippen LogP contribution in [-0.2, 0) is 0 Å². The van der Waals surface area contributed by atoms with Gasteiger partial charge in [0.05, 0.1) is 5.57 Å². The Kier molecular flexibility index (Phi) is 1.47. The molecule has 1 aliphatic heterocycles. The first-order chi connectivity index (χ1) is 5.11. The molecular formula is C7H6N4. The lowest BCUT2D eigenvalue weighted by Gasteiger charge is -2.09. The van der Waals surface area contributed by atoms with Gasteiger partial charge in [0.2, 0.25) is 0 Å². The Bertz CT molecular complexity index is 321. The highest BCUT2D eigenvalue weighted by Crippen LogP contribution is 2.30. The van der Waals surface area contributed by atoms with Gasteiger partial charge in [0.25, 0.3) is 0 Å². The Balaban J connectivity index is 3.23. The molecule has 0 N–H and O–H groups in total. The quantitative estimate of drug-likeness (QED) is 0.519. The fraction of sp³-hybridized carbons (Fsp3) is 0.429. The Hall–Kier alpha value is -1.68. The molecule has 0 aromatic heterocycles. The molecule has 0 aromatic rings. The van der Waals surface area contributed by atoms with Crippen molar-refractivity contribution in [3.8, 4) is 12.1 Å². The molecule has 0 unspecified atom stereocenters. The van der Waals surface area contributed by atoms with Crippen LogP contribution in [0.2, 0.25) is 0 Å². The lowest BCUT2D eigenvalue weighted by molar-refractivity contribution is 0.623. The summed E-state index contributed by atoms with van der Waals surface area (Å²) in [5.41, 5.74) is -0.127. The van der Waals surface area contributed by atoms with Gasteiger partial charge in [-0.2, -0.15) is 15.6 Å². The first-order valence-electron chi connectivity index (χ1n) is 3.09. The van der Waals surface area contributed by atoms with Crippen molar-refractivity contribution < 1.29 is 0 Å². The molecule has 0 aliphatic carbocycles. The largest absolute Gasteiger partial charge is 0.193 e. The zero-order valence-electron chi connectivity index (χ0n) is 6.29. The van der Waals surface area contributed by atoms with E-state index in [1.165, 1.54) is 0 Å². The minimum atomic E-state index is -0.611. The molecule has 0 fully saturated rings. The van der Waals surface area contributed by atoms with Crippen molar-refractivity contribution in [2.24, 2.45) is 10.2 Å². The van der Waals surface area contributed by atoms with Crippen LogP contribution in [0.15, 0.2) is 21.5 Å². The average molecular weight is 146 g/mol. The highest BCUT2D eigenvalue weighted by atomic mass is 15.2. The van der Waals surface area contributed by atoms with Crippen LogP contribution in [0.4, 0.5) is 0 Å². The maximum absolute atomic E-state index is 8.62. The third kappa shape index (κ3) is 0.990. The molecule has 1 aliphatic rings. The molecule has 4 nitrogen and oxygen atoms in total. The van der Waals surface area contributed by atoms with Crippen LogP contribution in [0.25, 0.3) is 0 Å². The molecule has 0 aromatic carbocycles. The van der Waals surface area contributed by atoms with E-state index < -0.39 is 5.54 Å². The van der Waals surface area contributed by atoms with Crippen molar-refractivity contribution in [3.63, 3.8) is 0 Å². The fourth-order valence-corrected chi connectivity index (χ4v) is 0.833. The number of allylic oxidation sites excluding steroid dienone is 1. The van der Waals surface area contributed by atoms with Crippen molar-refractivity contribution >= 4 is 0 Å². The number of hydrogen-bond donors (Lipinski definition) is 0. The van der Waals surface area contributed by atoms with Crippen LogP contribution in [0.3, 0.4) is 0 Å². The van der Waals surface area contributed by atoms with Gasteiger partial charge in [-0.1, -0.05) is 0 Å². The molecule has 0 atom stereocenters. The van der Waals surface area contributed by atoms with E-state index in [4.69, 9.17) is 10.5 Å². The van der Waals surface area contributed by atoms with Gasteiger partial charge in [-0.25, -0.2) is 0 Å². The standard InChI is InChI=1S/C7H6N4/c1-7(2)5(3-8)6(4-9)10-11-7/h1-2H3. The summed E-state index contributed by atoms with van der Waals surface area (Å²) in [6.07, 6.45) is 0. The predicted molar refractivity (Wildman–Crippen MR) is 37.2 cm³/mol. The third-order valence-electron chi connectivity index (χ3n) is 1.47. The number of hydrogen-bond acceptors (Lipinski definition) is 4. The summed E-state index contributed by atoms with van der Waals surface area (Å²) in [5, 5.41) is 24.5. The maximum atomic E-state index is 8.62. The van der Waals surface area contributed by atoms with Crippen molar-refractivity contribution in [1.29, 1.82) is 10.5 Å². The van der Waals surface area contributed by atoms with E-state index >= 15 is 0 Å². The first-order valence-corrected chi connectivity index (χ1v) is 3.09. The van der Waals surface area contributed by atoms with Crippen LogP contribution in [0.5, 0.6) is 0 Å². The molecule has 54 valence electrons. The SMILES string of the molecule is CC1(C)N=NC(C#N)=C1C#N. The summed E-state index contributed by atoms with van der Waals surface area (Å²) < 4.78 is 0. The summed E-state index contributed by atoms with van der Waals surface area (Å²) in [5.74, 6) is 0. The molecule has 11 heavy (non-hydrogen) atoms. The van der Waals surface area contributed by atoms with Gasteiger partial charge in [0, 0.05) is 0 Å². The summed E-state index contributed by atoms with van der Waals surface area (Å²) in [6, 6.07) is 3.74. The molecule has 0 saturated carbocycles. The zero-order chi connectivity index (χ0) is 8.48. The van der Waals surface area contributed by atoms with Crippen molar-refractivity contribution in [3.05, 3.63) is 11.3 Å². The topological polar surface area (TPSA) is 72.3 Å². The van der Waals surface area contributed by atoms with E-state index in [2.05, 4.69) is 10.2 Å². The number of nitriles is 2. The number of nitrogens with zero attached hydrogens (tertiary/aromatic N) is 4. The van der Waals surface area contributed by atoms with Gasteiger partial charge in [0.1, 0.15) is 17.7 Å². The Morgan fingerprint density at radius 2 is 1.91 bits per heavy atom. The lowest BCUT2D eigenvalue weighted by atomic mass is 9.96. The summed E-state index contributed by atoms with van der Waals surface area (Å²) in [4.78, 5) is 0. The minimum Gasteiger partial charge on any atom is -0.193 e. The number of rotatable bonds is 0. The minimum absolute atomic E-state index is 0.137. The van der Waals surface area contributed by atoms with E-state index in [1.807, 2.05) is 12.1 Å². The Morgan fingerprint density at radius 3 is 2.27 bits per heavy atom. The molecule has 1 heterocycles. The molecule has 0 spiro atoms. The zero-order valence-corrected chi connectivity index (χ0v) is 6.29. The Labute approximate surface area is 64.5 Å². The molecule has 0 bridgehead atoms. The van der Waals surface area contributed by atoms with Gasteiger partial charge >= 0.3 is 0 Å². The monoisotopic (exact) mass is 146 g/mol. The van der Waals surface area contributed by atoms with E-state index in [-0.39, 0.29) is 5.70 Å². The molecule has 1 rings (SSSR count). The van der Waals surface area contributed by atoms with Crippen LogP contribution in [0.1, 0.15) is 13.8 Å². The second kappa shape index (κ2) is 2.17. The summed E-state index contributed by atoms with van der Waals surface area (Å²) in [6.45, 7) is 3.50. The van der Waals surface area contributed by atoms with Gasteiger partial charge in [-0.05, 0) is 13.8 Å². The third-order valence-corrected chi connectivity index (χ3v) is 1.47. The lowest BCUT2D eigenvalue weighted by Crippen LogP contribution is -2.15. The summed E-state index contributed by atoms with van der Waals surface area (Å²) >= 11 is 0. The average Bonchev–Trinajstić information content (AvgIpc) is 2.24. The van der Waals surface area contributed by atoms with E-state index in [1.54, 1.807) is 13.8 Å². The fourth-order valence-electron chi connectivity index (χ4n) is 0.833. The predicted octanol–water partition coefficient (Wildman–Crippen LogP) is 1.53. The van der Waals surface area contributed by atoms with Gasteiger partial charge < -0.3 is 0 Å². The van der Waals surface area contributed by atoms with Crippen molar-refractivity contribution in [1.82, 2.24) is 0 Å². The second-order valence-corrected chi connectivity index (χ2v) is 2.71. The van der Waals surface area contributed by atoms with E-state index in [9.17, 15) is 0 Å². The smallest absolute Gasteiger partial charge is 0.178 e. The first kappa shape index (κ1) is 7.43. The normalized spacial score (nSPS) is 19.6. The van der Waals surface area contributed by atoms with Gasteiger partial charge in [-0.15, -0.1) is 5.11 Å². The van der Waals surface area contributed by atoms with Crippen LogP contribution in [0, 0.1) is 22.7 Å². The van der Waals surface area contributed by atoms with Crippen LogP contribution < -0.4 is 0 Å². The highest BCUT2D eigenvalue weighted by molar-refractivity contribution is 5.44. The summed E-state index contributed by atoms with van der Waals surface area (Å²) in [7, 11) is 0. The Morgan fingerprint density at radius 1 is 1.27 bits per heavy atom. The van der Waals surface area contributed by atoms with Crippen molar-refractivity contribution in [2.45, 2.75) is 19.4 Å². The molecule has 0 saturated heterocycles. The number of azo groups is 1. The van der Waals surface area contributed by atoms with Gasteiger partial charge in [-0.3, -0.25) is 0 Å². The van der Waals surface area contributed by atoms with Crippen LogP contribution >= 0.6 is 0 Å².